The summed E-state index contributed by atoms with van der Waals surface area (Å²) in [5, 5.41) is 13.1. The van der Waals surface area contributed by atoms with Crippen LogP contribution < -0.4 is 0 Å². The van der Waals surface area contributed by atoms with Gasteiger partial charge in [0, 0.05) is 5.56 Å². The van der Waals surface area contributed by atoms with E-state index >= 15 is 0 Å². The van der Waals surface area contributed by atoms with Crippen molar-refractivity contribution in [3.8, 4) is 0 Å². The average molecular weight is 258 g/mol. The van der Waals surface area contributed by atoms with Crippen LogP contribution in [-0.2, 0) is 10.5 Å². The van der Waals surface area contributed by atoms with Crippen molar-refractivity contribution in [1.29, 1.82) is 0 Å². The molecule has 19 heavy (non-hydrogen) atoms. The second-order valence-electron chi connectivity index (χ2n) is 6.01. The van der Waals surface area contributed by atoms with Gasteiger partial charge in [-0.15, -0.1) is 0 Å². The highest BCUT2D eigenvalue weighted by atomic mass is 16.6. The van der Waals surface area contributed by atoms with Crippen molar-refractivity contribution in [1.82, 2.24) is 0 Å². The minimum Gasteiger partial charge on any atom is -0.357 e. The van der Waals surface area contributed by atoms with Crippen molar-refractivity contribution < 1.29 is 14.3 Å². The molecule has 2 aromatic carbocycles. The quantitative estimate of drug-likeness (QED) is 0.794. The summed E-state index contributed by atoms with van der Waals surface area (Å²) in [7, 11) is 4.24. The van der Waals surface area contributed by atoms with Crippen LogP contribution in [0.15, 0.2) is 42.5 Å². The predicted octanol–water partition coefficient (Wildman–Crippen LogP) is 2.09. The largest absolute Gasteiger partial charge is 0.357 e. The molecule has 0 amide bonds. The van der Waals surface area contributed by atoms with Gasteiger partial charge in [-0.2, -0.15) is 0 Å². The zero-order valence-corrected chi connectivity index (χ0v) is 11.5. The molecule has 1 atom stereocenters. The summed E-state index contributed by atoms with van der Waals surface area (Å²) in [5.74, 6) is -1.17. The van der Waals surface area contributed by atoms with E-state index in [9.17, 15) is 5.11 Å². The second kappa shape index (κ2) is 4.30. The first kappa shape index (κ1) is 12.6. The zero-order valence-electron chi connectivity index (χ0n) is 11.5. The number of morpholine rings is 1. The topological polar surface area (TPSA) is 29.5 Å². The zero-order chi connectivity index (χ0) is 13.5. The number of hydrogen-bond acceptors (Lipinski definition) is 2. The molecule has 0 aliphatic carbocycles. The van der Waals surface area contributed by atoms with Gasteiger partial charge < -0.3 is 14.3 Å². The van der Waals surface area contributed by atoms with Crippen molar-refractivity contribution in [3.63, 3.8) is 0 Å². The van der Waals surface area contributed by atoms with Gasteiger partial charge in [0.05, 0.1) is 20.7 Å². The highest BCUT2D eigenvalue weighted by Crippen LogP contribution is 2.31. The molecule has 3 nitrogen and oxygen atoms in total. The van der Waals surface area contributed by atoms with Crippen LogP contribution in [-0.4, -0.2) is 43.4 Å². The third-order valence-corrected chi connectivity index (χ3v) is 3.88. The minimum atomic E-state index is -1.17. The maximum Gasteiger partial charge on any atom is 0.243 e. The molecule has 0 radical (unpaired) electrons. The van der Waals surface area contributed by atoms with E-state index in [1.807, 2.05) is 30.3 Å². The number of aliphatic hydroxyl groups is 1. The number of nitrogens with zero attached hydrogens (tertiary/aromatic N) is 1. The standard InChI is InChI=1S/C16H20NO2/c1-17(2)9-10-19-16(18,12-17)15-8-7-13-5-3-4-6-14(13)11-15/h3-8,11,18H,9-10,12H2,1-2H3/q+1. The van der Waals surface area contributed by atoms with Crippen LogP contribution in [0.5, 0.6) is 0 Å². The number of fused-ring (bicyclic) bond motifs is 1. The van der Waals surface area contributed by atoms with Crippen molar-refractivity contribution in [2.45, 2.75) is 5.79 Å². The molecule has 1 N–H and O–H groups in total. The summed E-state index contributed by atoms with van der Waals surface area (Å²) in [6, 6.07) is 14.2. The van der Waals surface area contributed by atoms with E-state index in [0.717, 1.165) is 22.0 Å². The molecule has 0 bridgehead atoms. The lowest BCUT2D eigenvalue weighted by Gasteiger charge is -2.42. The molecule has 0 spiro atoms. The Balaban J connectivity index is 2.03. The third kappa shape index (κ3) is 2.37. The average Bonchev–Trinajstić information content (AvgIpc) is 2.36. The molecule has 1 aliphatic rings. The van der Waals surface area contributed by atoms with Gasteiger partial charge in [-0.25, -0.2) is 0 Å². The molecule has 1 fully saturated rings. The van der Waals surface area contributed by atoms with Crippen LogP contribution in [0.25, 0.3) is 10.8 Å². The van der Waals surface area contributed by atoms with Gasteiger partial charge in [0.2, 0.25) is 5.79 Å². The van der Waals surface area contributed by atoms with Gasteiger partial charge in [-0.3, -0.25) is 0 Å². The van der Waals surface area contributed by atoms with Crippen LogP contribution >= 0.6 is 0 Å². The van der Waals surface area contributed by atoms with Crippen LogP contribution in [0, 0.1) is 0 Å². The maximum absolute atomic E-state index is 10.8. The second-order valence-corrected chi connectivity index (χ2v) is 6.01. The molecule has 100 valence electrons. The van der Waals surface area contributed by atoms with Crippen LogP contribution in [0.3, 0.4) is 0 Å². The Labute approximate surface area is 113 Å². The van der Waals surface area contributed by atoms with Gasteiger partial charge in [-0.1, -0.05) is 36.4 Å². The maximum atomic E-state index is 10.8. The van der Waals surface area contributed by atoms with E-state index in [1.54, 1.807) is 0 Å². The van der Waals surface area contributed by atoms with Crippen molar-refractivity contribution >= 4 is 10.8 Å². The Morgan fingerprint density at radius 3 is 2.58 bits per heavy atom. The molecule has 1 saturated heterocycles. The first-order valence-electron chi connectivity index (χ1n) is 6.66. The lowest BCUT2D eigenvalue weighted by Crippen LogP contribution is -2.57. The molecule has 2 aromatic rings. The van der Waals surface area contributed by atoms with E-state index in [4.69, 9.17) is 4.74 Å². The smallest absolute Gasteiger partial charge is 0.243 e. The van der Waals surface area contributed by atoms with Gasteiger partial charge in [-0.05, 0) is 16.8 Å². The highest BCUT2D eigenvalue weighted by Gasteiger charge is 2.42. The highest BCUT2D eigenvalue weighted by molar-refractivity contribution is 5.83. The number of rotatable bonds is 1. The first-order valence-corrected chi connectivity index (χ1v) is 6.66. The summed E-state index contributed by atoms with van der Waals surface area (Å²) in [4.78, 5) is 0. The normalized spacial score (nSPS) is 26.5. The fraction of sp³-hybridized carbons (Fsp3) is 0.375. The third-order valence-electron chi connectivity index (χ3n) is 3.88. The summed E-state index contributed by atoms with van der Waals surface area (Å²) >= 11 is 0. The number of hydrogen-bond donors (Lipinski definition) is 1. The van der Waals surface area contributed by atoms with E-state index < -0.39 is 5.79 Å². The number of benzene rings is 2. The van der Waals surface area contributed by atoms with Crippen LogP contribution in [0.1, 0.15) is 5.56 Å². The summed E-state index contributed by atoms with van der Waals surface area (Å²) < 4.78 is 6.44. The van der Waals surface area contributed by atoms with Gasteiger partial charge in [0.1, 0.15) is 13.1 Å². The van der Waals surface area contributed by atoms with Crippen LogP contribution in [0.2, 0.25) is 0 Å². The molecule has 1 unspecified atom stereocenters. The lowest BCUT2D eigenvalue weighted by molar-refractivity contribution is -0.912. The summed E-state index contributed by atoms with van der Waals surface area (Å²) in [5.41, 5.74) is 0.845. The van der Waals surface area contributed by atoms with Crippen molar-refractivity contribution in [2.24, 2.45) is 0 Å². The van der Waals surface area contributed by atoms with E-state index in [-0.39, 0.29) is 0 Å². The summed E-state index contributed by atoms with van der Waals surface area (Å²) in [6.45, 7) is 2.08. The first-order chi connectivity index (χ1) is 8.99. The molecule has 3 heteroatoms. The molecule has 0 saturated carbocycles. The Morgan fingerprint density at radius 2 is 1.84 bits per heavy atom. The molecular formula is C16H20NO2+. The van der Waals surface area contributed by atoms with E-state index in [0.29, 0.717) is 13.2 Å². The molecular weight excluding hydrogens is 238 g/mol. The Morgan fingerprint density at radius 1 is 1.11 bits per heavy atom. The molecule has 3 rings (SSSR count). The SMILES string of the molecule is C[N+]1(C)CCOC(O)(c2ccc3ccccc3c2)C1. The number of quaternary nitrogens is 1. The number of likely N-dealkylation sites (N-methyl/N-ethyl adjacent to an activating group) is 1. The van der Waals surface area contributed by atoms with Gasteiger partial charge in [0.25, 0.3) is 0 Å². The lowest BCUT2D eigenvalue weighted by atomic mass is 9.99. The van der Waals surface area contributed by atoms with Crippen molar-refractivity contribution in [2.75, 3.05) is 33.8 Å². The summed E-state index contributed by atoms with van der Waals surface area (Å²) in [6.07, 6.45) is 0. The van der Waals surface area contributed by atoms with E-state index in [2.05, 4.69) is 26.2 Å². The Hall–Kier alpha value is -1.42. The Bertz CT molecular complexity index is 608. The minimum absolute atomic E-state index is 0.575. The molecule has 0 aromatic heterocycles. The fourth-order valence-corrected chi connectivity index (χ4v) is 2.77. The van der Waals surface area contributed by atoms with Gasteiger partial charge >= 0.3 is 0 Å². The predicted molar refractivity (Wildman–Crippen MR) is 75.6 cm³/mol. The van der Waals surface area contributed by atoms with Gasteiger partial charge in [0.15, 0.2) is 0 Å². The molecule has 1 aliphatic heterocycles. The number of ether oxygens (including phenoxy) is 1. The monoisotopic (exact) mass is 258 g/mol. The molecule has 1 heterocycles. The van der Waals surface area contributed by atoms with Crippen molar-refractivity contribution in [3.05, 3.63) is 48.0 Å². The van der Waals surface area contributed by atoms with Crippen LogP contribution in [0.4, 0.5) is 0 Å². The fourth-order valence-electron chi connectivity index (χ4n) is 2.77. The van der Waals surface area contributed by atoms with E-state index in [1.165, 1.54) is 5.39 Å². The Kier molecular flexibility index (Phi) is 2.86.